The Bertz CT molecular complexity index is 420. The summed E-state index contributed by atoms with van der Waals surface area (Å²) in [6, 6.07) is 1.92. The third kappa shape index (κ3) is 5.96. The molecule has 1 unspecified atom stereocenters. The summed E-state index contributed by atoms with van der Waals surface area (Å²) in [6.07, 6.45) is 3.99. The van der Waals surface area contributed by atoms with E-state index in [0.717, 1.165) is 11.3 Å². The molecule has 106 valence electrons. The van der Waals surface area contributed by atoms with Crippen molar-refractivity contribution in [3.8, 4) is 0 Å². The number of carbonyl (C=O) groups is 1. The second-order valence-corrected chi connectivity index (χ2v) is 7.15. The van der Waals surface area contributed by atoms with Crippen LogP contribution in [0.15, 0.2) is 18.5 Å². The number of pyridine rings is 1. The van der Waals surface area contributed by atoms with Crippen molar-refractivity contribution in [3.05, 3.63) is 29.0 Å². The van der Waals surface area contributed by atoms with Crippen molar-refractivity contribution >= 4 is 29.1 Å². The van der Waals surface area contributed by atoms with E-state index in [9.17, 15) is 4.79 Å². The van der Waals surface area contributed by atoms with E-state index in [1.165, 1.54) is 0 Å². The van der Waals surface area contributed by atoms with Crippen LogP contribution >= 0.6 is 23.4 Å². The highest BCUT2D eigenvalue weighted by atomic mass is 35.5. The fraction of sp³-hybridized carbons (Fsp3) is 0.600. The van der Waals surface area contributed by atoms with Gasteiger partial charge >= 0.3 is 0 Å². The van der Waals surface area contributed by atoms with Gasteiger partial charge in [-0.2, -0.15) is 11.8 Å². The van der Waals surface area contributed by atoms with Gasteiger partial charge in [0.15, 0.2) is 0 Å². The van der Waals surface area contributed by atoms with Crippen molar-refractivity contribution in [2.45, 2.75) is 39.4 Å². The molecule has 0 bridgehead atoms. The van der Waals surface area contributed by atoms with E-state index < -0.39 is 0 Å². The Labute approximate surface area is 125 Å². The van der Waals surface area contributed by atoms with Crippen LogP contribution in [0.25, 0.3) is 0 Å². The minimum absolute atomic E-state index is 0.0780. The fourth-order valence-corrected chi connectivity index (χ4v) is 3.01. The molecule has 1 heterocycles. The second kappa shape index (κ2) is 7.91. The maximum absolute atomic E-state index is 12.0. The van der Waals surface area contributed by atoms with Gasteiger partial charge in [-0.25, -0.2) is 0 Å². The first-order valence-corrected chi connectivity index (χ1v) is 8.07. The monoisotopic (exact) mass is 299 g/mol. The number of rotatable bonds is 7. The van der Waals surface area contributed by atoms with Gasteiger partial charge in [0.25, 0.3) is 0 Å². The minimum Gasteiger partial charge on any atom is -0.299 e. The molecule has 1 aromatic heterocycles. The molecular weight excluding hydrogens is 278 g/mol. The van der Waals surface area contributed by atoms with Gasteiger partial charge in [-0.05, 0) is 23.3 Å². The normalized spacial score (nSPS) is 13.0. The lowest BCUT2D eigenvalue weighted by atomic mass is 10.0. The number of carbonyl (C=O) groups excluding carboxylic acids is 1. The van der Waals surface area contributed by atoms with Gasteiger partial charge in [-0.1, -0.05) is 39.3 Å². The number of halogens is 1. The van der Waals surface area contributed by atoms with Gasteiger partial charge in [0.2, 0.25) is 0 Å². The molecule has 0 aliphatic rings. The van der Waals surface area contributed by atoms with Gasteiger partial charge < -0.3 is 0 Å². The lowest BCUT2D eigenvalue weighted by molar-refractivity contribution is -0.121. The van der Waals surface area contributed by atoms with Crippen LogP contribution in [-0.4, -0.2) is 16.5 Å². The molecule has 0 aliphatic carbocycles. The summed E-state index contributed by atoms with van der Waals surface area (Å²) in [5.41, 5.74) is 1.05. The Hall–Kier alpha value is -0.540. The van der Waals surface area contributed by atoms with Crippen LogP contribution in [0, 0.1) is 11.8 Å². The van der Waals surface area contributed by atoms with Gasteiger partial charge in [-0.3, -0.25) is 9.78 Å². The second-order valence-electron chi connectivity index (χ2n) is 5.48. The Kier molecular flexibility index (Phi) is 6.87. The van der Waals surface area contributed by atoms with Crippen LogP contribution in [0.2, 0.25) is 5.02 Å². The summed E-state index contributed by atoms with van der Waals surface area (Å²) < 4.78 is 0. The summed E-state index contributed by atoms with van der Waals surface area (Å²) in [7, 11) is 0. The molecule has 0 radical (unpaired) electrons. The molecule has 0 spiro atoms. The van der Waals surface area contributed by atoms with Gasteiger partial charge in [0.05, 0.1) is 5.02 Å². The van der Waals surface area contributed by atoms with Crippen molar-refractivity contribution in [1.82, 2.24) is 4.98 Å². The van der Waals surface area contributed by atoms with E-state index in [0.29, 0.717) is 23.1 Å². The number of hydrogen-bond acceptors (Lipinski definition) is 3. The molecular formula is C15H22ClNOS. The molecule has 0 aliphatic heterocycles. The molecule has 19 heavy (non-hydrogen) atoms. The summed E-state index contributed by atoms with van der Waals surface area (Å²) >= 11 is 7.81. The predicted octanol–water partition coefficient (Wildman–Crippen LogP) is 4.78. The Morgan fingerprint density at radius 1 is 1.32 bits per heavy atom. The molecule has 0 N–H and O–H groups in total. The van der Waals surface area contributed by atoms with Crippen LogP contribution in [0.1, 0.15) is 44.9 Å². The van der Waals surface area contributed by atoms with Gasteiger partial charge in [0.1, 0.15) is 5.78 Å². The van der Waals surface area contributed by atoms with Gasteiger partial charge in [0, 0.05) is 30.0 Å². The van der Waals surface area contributed by atoms with Crippen LogP contribution in [0.5, 0.6) is 0 Å². The number of ketones is 1. The first-order valence-electron chi connectivity index (χ1n) is 6.65. The van der Waals surface area contributed by atoms with Crippen LogP contribution in [0.4, 0.5) is 0 Å². The molecule has 0 fully saturated rings. The van der Waals surface area contributed by atoms with E-state index in [1.807, 2.05) is 37.9 Å². The third-order valence-corrected chi connectivity index (χ3v) is 4.67. The topological polar surface area (TPSA) is 30.0 Å². The van der Waals surface area contributed by atoms with Crippen LogP contribution < -0.4 is 0 Å². The maximum atomic E-state index is 12.0. The van der Waals surface area contributed by atoms with E-state index in [-0.39, 0.29) is 11.2 Å². The zero-order valence-electron chi connectivity index (χ0n) is 12.0. The highest BCUT2D eigenvalue weighted by Crippen LogP contribution is 2.34. The highest BCUT2D eigenvalue weighted by molar-refractivity contribution is 7.99. The summed E-state index contributed by atoms with van der Waals surface area (Å²) in [5, 5.41) is 0.785. The molecule has 4 heteroatoms. The SMILES string of the molecule is CC(C)CSC(CC(=O)C(C)C)c1cncc(Cl)c1. The van der Waals surface area contributed by atoms with Gasteiger partial charge in [-0.15, -0.1) is 0 Å². The highest BCUT2D eigenvalue weighted by Gasteiger charge is 2.19. The zero-order chi connectivity index (χ0) is 14.4. The summed E-state index contributed by atoms with van der Waals surface area (Å²) in [6.45, 7) is 8.26. The molecule has 1 atom stereocenters. The Balaban J connectivity index is 2.82. The van der Waals surface area contributed by atoms with E-state index in [2.05, 4.69) is 18.8 Å². The predicted molar refractivity (Wildman–Crippen MR) is 83.7 cm³/mol. The van der Waals surface area contributed by atoms with Crippen molar-refractivity contribution in [2.24, 2.45) is 11.8 Å². The van der Waals surface area contributed by atoms with Crippen LogP contribution in [0.3, 0.4) is 0 Å². The van der Waals surface area contributed by atoms with Crippen molar-refractivity contribution < 1.29 is 4.79 Å². The van der Waals surface area contributed by atoms with E-state index >= 15 is 0 Å². The maximum Gasteiger partial charge on any atom is 0.136 e. The van der Waals surface area contributed by atoms with E-state index in [4.69, 9.17) is 11.6 Å². The minimum atomic E-state index is 0.0780. The third-order valence-electron chi connectivity index (χ3n) is 2.76. The quantitative estimate of drug-likeness (QED) is 0.725. The average molecular weight is 300 g/mol. The molecule has 0 aromatic carbocycles. The summed E-state index contributed by atoms with van der Waals surface area (Å²) in [4.78, 5) is 16.1. The van der Waals surface area contributed by atoms with Crippen LogP contribution in [-0.2, 0) is 4.79 Å². The van der Waals surface area contributed by atoms with Crippen molar-refractivity contribution in [3.63, 3.8) is 0 Å². The first kappa shape index (κ1) is 16.5. The number of hydrogen-bond donors (Lipinski definition) is 0. The molecule has 0 saturated heterocycles. The largest absolute Gasteiger partial charge is 0.299 e. The Morgan fingerprint density at radius 3 is 2.53 bits per heavy atom. The smallest absolute Gasteiger partial charge is 0.136 e. The molecule has 2 nitrogen and oxygen atoms in total. The zero-order valence-corrected chi connectivity index (χ0v) is 13.6. The van der Waals surface area contributed by atoms with E-state index in [1.54, 1.807) is 6.20 Å². The molecule has 0 saturated carbocycles. The number of nitrogens with zero attached hydrogens (tertiary/aromatic N) is 1. The Morgan fingerprint density at radius 2 is 2.00 bits per heavy atom. The standard InChI is InChI=1S/C15H22ClNOS/c1-10(2)9-19-15(6-14(18)11(3)4)12-5-13(16)8-17-7-12/h5,7-8,10-11,15H,6,9H2,1-4H3. The number of aromatic nitrogens is 1. The lowest BCUT2D eigenvalue weighted by Gasteiger charge is -2.18. The van der Waals surface area contributed by atoms with Crippen molar-refractivity contribution in [2.75, 3.05) is 5.75 Å². The number of Topliss-reactive ketones (excluding diaryl/α,β-unsaturated/α-hetero) is 1. The first-order chi connectivity index (χ1) is 8.90. The summed E-state index contributed by atoms with van der Waals surface area (Å²) in [5.74, 6) is 2.01. The molecule has 0 amide bonds. The number of thioether (sulfide) groups is 1. The fourth-order valence-electron chi connectivity index (χ4n) is 1.60. The van der Waals surface area contributed by atoms with Crippen molar-refractivity contribution in [1.29, 1.82) is 0 Å². The molecule has 1 rings (SSSR count). The lowest BCUT2D eigenvalue weighted by Crippen LogP contribution is -2.12. The average Bonchev–Trinajstić information content (AvgIpc) is 2.33. The molecule has 1 aromatic rings.